The molecule has 1 aliphatic carbocycles. The molecular weight excluding hydrogens is 439 g/mol. The van der Waals surface area contributed by atoms with Crippen molar-refractivity contribution in [2.75, 3.05) is 18.0 Å². The smallest absolute Gasteiger partial charge is 0.272 e. The number of piperidine rings is 1. The second-order valence-electron chi connectivity index (χ2n) is 7.88. The highest BCUT2D eigenvalue weighted by molar-refractivity contribution is 7.99. The van der Waals surface area contributed by atoms with Crippen molar-refractivity contribution in [1.29, 1.82) is 0 Å². The van der Waals surface area contributed by atoms with E-state index in [2.05, 4.69) is 4.98 Å². The number of pyridine rings is 1. The number of aromatic nitrogens is 1. The number of benzene rings is 1. The molecule has 29 heavy (non-hydrogen) atoms. The molecule has 1 aromatic heterocycles. The van der Waals surface area contributed by atoms with E-state index in [1.807, 2.05) is 17.0 Å². The van der Waals surface area contributed by atoms with E-state index in [4.69, 9.17) is 28.9 Å². The van der Waals surface area contributed by atoms with Gasteiger partial charge in [-0.2, -0.15) is 0 Å². The van der Waals surface area contributed by atoms with Crippen LogP contribution in [0.15, 0.2) is 45.0 Å². The van der Waals surface area contributed by atoms with Gasteiger partial charge in [0.25, 0.3) is 5.56 Å². The van der Waals surface area contributed by atoms with E-state index >= 15 is 0 Å². The first-order chi connectivity index (χ1) is 13.7. The first kappa shape index (κ1) is 21.0. The topological polar surface area (TPSA) is 62.1 Å². The molecule has 4 nitrogen and oxygen atoms in total. The third-order valence-electron chi connectivity index (χ3n) is 6.01. The van der Waals surface area contributed by atoms with Gasteiger partial charge in [0.2, 0.25) is 5.92 Å². The van der Waals surface area contributed by atoms with Gasteiger partial charge < -0.3 is 15.6 Å². The quantitative estimate of drug-likeness (QED) is 0.663. The SMILES string of the molecule is N[C@@H]1CC(F)(F)CC12CCN(c1ccc(Sc3cccc(Cl)c3Cl)[nH]c1=O)CC2. The van der Waals surface area contributed by atoms with Gasteiger partial charge in [-0.15, -0.1) is 0 Å². The Hall–Kier alpha value is -1.28. The van der Waals surface area contributed by atoms with Crippen molar-refractivity contribution in [2.45, 2.75) is 47.6 Å². The van der Waals surface area contributed by atoms with Gasteiger partial charge in [0.05, 0.1) is 15.1 Å². The number of hydrogen-bond acceptors (Lipinski definition) is 4. The molecule has 1 saturated heterocycles. The lowest BCUT2D eigenvalue weighted by Crippen LogP contribution is -2.47. The highest BCUT2D eigenvalue weighted by Gasteiger charge is 2.55. The molecule has 3 N–H and O–H groups in total. The van der Waals surface area contributed by atoms with Crippen LogP contribution in [-0.2, 0) is 0 Å². The van der Waals surface area contributed by atoms with Crippen molar-refractivity contribution >= 4 is 40.7 Å². The van der Waals surface area contributed by atoms with Crippen LogP contribution >= 0.6 is 35.0 Å². The van der Waals surface area contributed by atoms with E-state index in [1.54, 1.807) is 18.2 Å². The molecule has 9 heteroatoms. The Morgan fingerprint density at radius 3 is 2.52 bits per heavy atom. The van der Waals surface area contributed by atoms with Gasteiger partial charge in [0, 0.05) is 36.9 Å². The Balaban J connectivity index is 1.47. The number of anilines is 1. The van der Waals surface area contributed by atoms with Crippen molar-refractivity contribution < 1.29 is 8.78 Å². The number of nitrogens with two attached hydrogens (primary N) is 1. The van der Waals surface area contributed by atoms with E-state index < -0.39 is 17.4 Å². The van der Waals surface area contributed by atoms with Gasteiger partial charge in [-0.3, -0.25) is 4.79 Å². The lowest BCUT2D eigenvalue weighted by atomic mass is 9.74. The van der Waals surface area contributed by atoms with Crippen LogP contribution in [0.5, 0.6) is 0 Å². The summed E-state index contributed by atoms with van der Waals surface area (Å²) >= 11 is 13.6. The van der Waals surface area contributed by atoms with Crippen LogP contribution in [0.1, 0.15) is 25.7 Å². The molecule has 1 aromatic carbocycles. The first-order valence-electron chi connectivity index (χ1n) is 9.43. The first-order valence-corrected chi connectivity index (χ1v) is 11.0. The summed E-state index contributed by atoms with van der Waals surface area (Å²) < 4.78 is 27.6. The molecule has 2 aliphatic rings. The van der Waals surface area contributed by atoms with Crippen LogP contribution in [0.4, 0.5) is 14.5 Å². The van der Waals surface area contributed by atoms with Crippen LogP contribution in [0.25, 0.3) is 0 Å². The summed E-state index contributed by atoms with van der Waals surface area (Å²) in [6.45, 7) is 1.08. The van der Waals surface area contributed by atoms with Crippen LogP contribution in [0, 0.1) is 5.41 Å². The van der Waals surface area contributed by atoms with Gasteiger partial charge >= 0.3 is 0 Å². The lowest BCUT2D eigenvalue weighted by Gasteiger charge is -2.42. The molecule has 2 heterocycles. The number of nitrogens with one attached hydrogen (secondary N) is 1. The summed E-state index contributed by atoms with van der Waals surface area (Å²) in [7, 11) is 0. The zero-order valence-corrected chi connectivity index (χ0v) is 17.9. The standard InChI is InChI=1S/C20H21Cl2F2N3OS/c21-12-2-1-3-14(17(12)22)29-16-5-4-13(18(28)26-16)27-8-6-19(7-9-27)11-20(23,24)10-15(19)25/h1-5,15H,6-11,25H2,(H,26,28)/t15-/m1/s1. The van der Waals surface area contributed by atoms with E-state index in [1.165, 1.54) is 11.8 Å². The molecular formula is C20H21Cl2F2N3OS. The van der Waals surface area contributed by atoms with E-state index in [0.29, 0.717) is 46.7 Å². The molecule has 2 aromatic rings. The lowest BCUT2D eigenvalue weighted by molar-refractivity contribution is -0.00683. The molecule has 1 atom stereocenters. The molecule has 1 aliphatic heterocycles. The van der Waals surface area contributed by atoms with Crippen molar-refractivity contribution in [1.82, 2.24) is 4.98 Å². The maximum absolute atomic E-state index is 13.8. The zero-order valence-electron chi connectivity index (χ0n) is 15.6. The van der Waals surface area contributed by atoms with Gasteiger partial charge in [-0.25, -0.2) is 8.78 Å². The van der Waals surface area contributed by atoms with E-state index in [-0.39, 0.29) is 18.4 Å². The Bertz CT molecular complexity index is 976. The van der Waals surface area contributed by atoms with Crippen molar-refractivity contribution in [2.24, 2.45) is 11.1 Å². The van der Waals surface area contributed by atoms with Crippen molar-refractivity contribution in [3.8, 4) is 0 Å². The molecule has 2 fully saturated rings. The predicted molar refractivity (Wildman–Crippen MR) is 114 cm³/mol. The second-order valence-corrected chi connectivity index (χ2v) is 9.75. The summed E-state index contributed by atoms with van der Waals surface area (Å²) in [6.07, 6.45) is 0.739. The fourth-order valence-corrected chi connectivity index (χ4v) is 5.77. The number of hydrogen-bond donors (Lipinski definition) is 2. The number of rotatable bonds is 3. The third-order valence-corrected chi connectivity index (χ3v) is 7.96. The molecule has 156 valence electrons. The van der Waals surface area contributed by atoms with Gasteiger partial charge in [-0.05, 0) is 42.5 Å². The fourth-order valence-electron chi connectivity index (χ4n) is 4.43. The van der Waals surface area contributed by atoms with Gasteiger partial charge in [0.1, 0.15) is 5.69 Å². The molecule has 1 spiro atoms. The number of halogens is 4. The molecule has 0 unspecified atom stereocenters. The second kappa shape index (κ2) is 7.76. The fraction of sp³-hybridized carbons (Fsp3) is 0.450. The van der Waals surface area contributed by atoms with Crippen LogP contribution in [0.3, 0.4) is 0 Å². The number of alkyl halides is 2. The summed E-state index contributed by atoms with van der Waals surface area (Å²) in [6, 6.07) is 8.42. The maximum atomic E-state index is 13.8. The van der Waals surface area contributed by atoms with Gasteiger partial charge in [-0.1, -0.05) is 41.0 Å². The average molecular weight is 460 g/mol. The maximum Gasteiger partial charge on any atom is 0.272 e. The Labute approximate surface area is 181 Å². The highest BCUT2D eigenvalue weighted by atomic mass is 35.5. The molecule has 0 amide bonds. The van der Waals surface area contributed by atoms with Gasteiger partial charge in [0.15, 0.2) is 0 Å². The van der Waals surface area contributed by atoms with Crippen molar-refractivity contribution in [3.63, 3.8) is 0 Å². The molecule has 0 radical (unpaired) electrons. The third kappa shape index (κ3) is 4.15. The van der Waals surface area contributed by atoms with E-state index in [9.17, 15) is 13.6 Å². The largest absolute Gasteiger partial charge is 0.367 e. The Morgan fingerprint density at radius 1 is 1.17 bits per heavy atom. The summed E-state index contributed by atoms with van der Waals surface area (Å²) in [5.41, 5.74) is 5.86. The van der Waals surface area contributed by atoms with Crippen LogP contribution in [0.2, 0.25) is 10.0 Å². The molecule has 1 saturated carbocycles. The molecule has 4 rings (SSSR count). The van der Waals surface area contributed by atoms with E-state index in [0.717, 1.165) is 4.90 Å². The summed E-state index contributed by atoms with van der Waals surface area (Å²) in [5.74, 6) is -2.68. The number of H-pyrrole nitrogens is 1. The summed E-state index contributed by atoms with van der Waals surface area (Å²) in [5, 5.41) is 1.54. The normalized spacial score (nSPS) is 22.9. The minimum absolute atomic E-state index is 0.151. The minimum Gasteiger partial charge on any atom is -0.367 e. The summed E-state index contributed by atoms with van der Waals surface area (Å²) in [4.78, 5) is 18.2. The minimum atomic E-state index is -2.68. The number of nitrogens with zero attached hydrogens (tertiary/aromatic N) is 1. The average Bonchev–Trinajstić information content (AvgIpc) is 2.88. The Morgan fingerprint density at radius 2 is 1.90 bits per heavy atom. The Kier molecular flexibility index (Phi) is 5.61. The highest BCUT2D eigenvalue weighted by Crippen LogP contribution is 2.52. The predicted octanol–water partition coefficient (Wildman–Crippen LogP) is 5.18. The van der Waals surface area contributed by atoms with Crippen LogP contribution < -0.4 is 16.2 Å². The van der Waals surface area contributed by atoms with Crippen molar-refractivity contribution in [3.05, 3.63) is 50.7 Å². The molecule has 0 bridgehead atoms. The zero-order chi connectivity index (χ0) is 20.8. The monoisotopic (exact) mass is 459 g/mol. The number of aromatic amines is 1. The van der Waals surface area contributed by atoms with Crippen LogP contribution in [-0.4, -0.2) is 30.0 Å².